The second-order valence-electron chi connectivity index (χ2n) is 5.24. The van der Waals surface area contributed by atoms with E-state index in [0.29, 0.717) is 18.9 Å². The summed E-state index contributed by atoms with van der Waals surface area (Å²) in [5.74, 6) is 1.64. The Kier molecular flexibility index (Phi) is 3.28. The molecule has 0 radical (unpaired) electrons. The summed E-state index contributed by atoms with van der Waals surface area (Å²) in [6, 6.07) is 5.86. The van der Waals surface area contributed by atoms with Crippen LogP contribution in [0.4, 0.5) is 0 Å². The molecule has 1 aliphatic carbocycles. The summed E-state index contributed by atoms with van der Waals surface area (Å²) in [4.78, 5) is 15.6. The molecule has 1 fully saturated rings. The minimum absolute atomic E-state index is 0.239. The van der Waals surface area contributed by atoms with Gasteiger partial charge in [-0.3, -0.25) is 4.79 Å². The molecule has 3 nitrogen and oxygen atoms in total. The normalized spacial score (nSPS) is 15.4. The van der Waals surface area contributed by atoms with Crippen molar-refractivity contribution in [3.63, 3.8) is 0 Å². The maximum Gasteiger partial charge on any atom is 0.165 e. The van der Waals surface area contributed by atoms with Crippen LogP contribution in [-0.2, 0) is 0 Å². The molecule has 0 aliphatic heterocycles. The molecule has 1 heterocycles. The van der Waals surface area contributed by atoms with E-state index < -0.39 is 0 Å². The first-order chi connectivity index (χ1) is 9.29. The van der Waals surface area contributed by atoms with Gasteiger partial charge in [-0.25, -0.2) is 0 Å². The summed E-state index contributed by atoms with van der Waals surface area (Å²) in [5.41, 5.74) is 1.76. The third-order valence-electron chi connectivity index (χ3n) is 3.97. The topological polar surface area (TPSA) is 42.1 Å². The Morgan fingerprint density at radius 1 is 1.42 bits per heavy atom. The minimum atomic E-state index is 0.239. The lowest BCUT2D eigenvalue weighted by molar-refractivity contribution is 0.0938. The van der Waals surface area contributed by atoms with Crippen molar-refractivity contribution in [2.24, 2.45) is 5.92 Å². The number of fused-ring (bicyclic) bond motifs is 1. The Labute approximate surface area is 113 Å². The average Bonchev–Trinajstić information content (AvgIpc) is 2.79. The number of benzene rings is 1. The quantitative estimate of drug-likeness (QED) is 0.824. The van der Waals surface area contributed by atoms with Crippen LogP contribution in [0.1, 0.15) is 43.0 Å². The molecule has 100 valence electrons. The molecular formula is C16H19NO2. The number of ether oxygens (including phenoxy) is 1. The van der Waals surface area contributed by atoms with Crippen molar-refractivity contribution in [1.29, 1.82) is 0 Å². The lowest BCUT2D eigenvalue weighted by Gasteiger charge is -2.24. The number of rotatable bonds is 5. The summed E-state index contributed by atoms with van der Waals surface area (Å²) in [6.45, 7) is 2.57. The maximum atomic E-state index is 12.4. The molecule has 19 heavy (non-hydrogen) atoms. The van der Waals surface area contributed by atoms with E-state index in [9.17, 15) is 4.79 Å². The Balaban J connectivity index is 1.95. The highest BCUT2D eigenvalue weighted by Crippen LogP contribution is 2.34. The van der Waals surface area contributed by atoms with Crippen molar-refractivity contribution in [2.45, 2.75) is 32.6 Å². The van der Waals surface area contributed by atoms with E-state index in [4.69, 9.17) is 4.74 Å². The van der Waals surface area contributed by atoms with E-state index in [2.05, 4.69) is 4.98 Å². The zero-order valence-corrected chi connectivity index (χ0v) is 11.2. The van der Waals surface area contributed by atoms with Gasteiger partial charge >= 0.3 is 0 Å². The van der Waals surface area contributed by atoms with Crippen molar-refractivity contribution >= 4 is 16.7 Å². The predicted molar refractivity (Wildman–Crippen MR) is 75.8 cm³/mol. The van der Waals surface area contributed by atoms with Gasteiger partial charge in [-0.2, -0.15) is 0 Å². The smallest absolute Gasteiger partial charge is 0.165 e. The molecule has 3 heteroatoms. The molecular weight excluding hydrogens is 238 g/mol. The number of aromatic amines is 1. The fourth-order valence-electron chi connectivity index (χ4n) is 2.72. The first kappa shape index (κ1) is 12.3. The average molecular weight is 257 g/mol. The van der Waals surface area contributed by atoms with Crippen molar-refractivity contribution in [2.75, 3.05) is 6.61 Å². The SMILES string of the molecule is CCOc1cccc2[nH]cc(C(=O)CC3CCC3)c12. The van der Waals surface area contributed by atoms with Gasteiger partial charge in [-0.1, -0.05) is 25.3 Å². The van der Waals surface area contributed by atoms with E-state index in [1.807, 2.05) is 31.3 Å². The summed E-state index contributed by atoms with van der Waals surface area (Å²) in [6.07, 6.45) is 6.18. The van der Waals surface area contributed by atoms with Gasteiger partial charge in [0, 0.05) is 23.7 Å². The highest BCUT2D eigenvalue weighted by atomic mass is 16.5. The number of H-pyrrole nitrogens is 1. The van der Waals surface area contributed by atoms with Crippen molar-refractivity contribution in [3.8, 4) is 5.75 Å². The van der Waals surface area contributed by atoms with Crippen LogP contribution in [0.15, 0.2) is 24.4 Å². The van der Waals surface area contributed by atoms with Gasteiger partial charge in [0.1, 0.15) is 5.75 Å². The van der Waals surface area contributed by atoms with E-state index in [1.54, 1.807) is 0 Å². The number of carbonyl (C=O) groups excluding carboxylic acids is 1. The van der Waals surface area contributed by atoms with Gasteiger partial charge in [0.15, 0.2) is 5.78 Å². The molecule has 0 bridgehead atoms. The highest BCUT2D eigenvalue weighted by Gasteiger charge is 2.23. The van der Waals surface area contributed by atoms with Gasteiger partial charge in [0.2, 0.25) is 0 Å². The predicted octanol–water partition coefficient (Wildman–Crippen LogP) is 3.94. The van der Waals surface area contributed by atoms with Gasteiger partial charge in [-0.05, 0) is 25.0 Å². The fraction of sp³-hybridized carbons (Fsp3) is 0.438. The first-order valence-electron chi connectivity index (χ1n) is 7.05. The van der Waals surface area contributed by atoms with Crippen LogP contribution in [0.25, 0.3) is 10.9 Å². The second-order valence-corrected chi connectivity index (χ2v) is 5.24. The zero-order valence-electron chi connectivity index (χ0n) is 11.2. The van der Waals surface area contributed by atoms with Gasteiger partial charge in [-0.15, -0.1) is 0 Å². The third kappa shape index (κ3) is 2.25. The lowest BCUT2D eigenvalue weighted by Crippen LogP contribution is -2.15. The van der Waals surface area contributed by atoms with Crippen LogP contribution in [0, 0.1) is 5.92 Å². The molecule has 3 rings (SSSR count). The monoisotopic (exact) mass is 257 g/mol. The second kappa shape index (κ2) is 5.08. The molecule has 0 spiro atoms. The molecule has 1 N–H and O–H groups in total. The van der Waals surface area contributed by atoms with Crippen molar-refractivity contribution in [1.82, 2.24) is 4.98 Å². The third-order valence-corrected chi connectivity index (χ3v) is 3.97. The number of Topliss-reactive ketones (excluding diaryl/α,β-unsaturated/α-hetero) is 1. The van der Waals surface area contributed by atoms with E-state index in [1.165, 1.54) is 19.3 Å². The van der Waals surface area contributed by atoms with E-state index in [-0.39, 0.29) is 5.78 Å². The molecule has 2 aromatic rings. The molecule has 1 aromatic carbocycles. The molecule has 0 unspecified atom stereocenters. The highest BCUT2D eigenvalue weighted by molar-refractivity contribution is 6.10. The Hall–Kier alpha value is -1.77. The number of carbonyl (C=O) groups is 1. The van der Waals surface area contributed by atoms with Crippen molar-refractivity contribution < 1.29 is 9.53 Å². The van der Waals surface area contributed by atoms with Crippen LogP contribution in [0.5, 0.6) is 5.75 Å². The van der Waals surface area contributed by atoms with Crippen LogP contribution >= 0.6 is 0 Å². The first-order valence-corrected chi connectivity index (χ1v) is 7.05. The van der Waals surface area contributed by atoms with Crippen LogP contribution in [-0.4, -0.2) is 17.4 Å². The summed E-state index contributed by atoms with van der Waals surface area (Å²) in [5, 5.41) is 0.939. The molecule has 0 saturated heterocycles. The van der Waals surface area contributed by atoms with Gasteiger partial charge < -0.3 is 9.72 Å². The van der Waals surface area contributed by atoms with Crippen molar-refractivity contribution in [3.05, 3.63) is 30.0 Å². The van der Waals surface area contributed by atoms with Gasteiger partial charge in [0.05, 0.1) is 12.0 Å². The lowest BCUT2D eigenvalue weighted by atomic mass is 9.81. The zero-order chi connectivity index (χ0) is 13.2. The molecule has 0 amide bonds. The Bertz CT molecular complexity index is 596. The standard InChI is InChI=1S/C16H19NO2/c1-2-19-15-8-4-7-13-16(15)12(10-17-13)14(18)9-11-5-3-6-11/h4,7-8,10-11,17H,2-3,5-6,9H2,1H3. The minimum Gasteiger partial charge on any atom is -0.493 e. The summed E-state index contributed by atoms with van der Waals surface area (Å²) in [7, 11) is 0. The fourth-order valence-corrected chi connectivity index (χ4v) is 2.72. The number of ketones is 1. The van der Waals surface area contributed by atoms with Crippen LogP contribution < -0.4 is 4.74 Å². The van der Waals surface area contributed by atoms with E-state index in [0.717, 1.165) is 22.2 Å². The van der Waals surface area contributed by atoms with Gasteiger partial charge in [0.25, 0.3) is 0 Å². The number of nitrogens with one attached hydrogen (secondary N) is 1. The number of hydrogen-bond donors (Lipinski definition) is 1. The maximum absolute atomic E-state index is 12.4. The largest absolute Gasteiger partial charge is 0.493 e. The molecule has 1 saturated carbocycles. The number of aromatic nitrogens is 1. The van der Waals surface area contributed by atoms with Crippen LogP contribution in [0.2, 0.25) is 0 Å². The molecule has 1 aromatic heterocycles. The number of hydrogen-bond acceptors (Lipinski definition) is 2. The molecule has 0 atom stereocenters. The van der Waals surface area contributed by atoms with Crippen LogP contribution in [0.3, 0.4) is 0 Å². The molecule has 1 aliphatic rings. The van der Waals surface area contributed by atoms with E-state index >= 15 is 0 Å². The summed E-state index contributed by atoms with van der Waals surface area (Å²) < 4.78 is 5.64. The summed E-state index contributed by atoms with van der Waals surface area (Å²) >= 11 is 0. The Morgan fingerprint density at radius 2 is 2.26 bits per heavy atom. The Morgan fingerprint density at radius 3 is 2.95 bits per heavy atom.